The minimum absolute atomic E-state index is 0.0796. The first kappa shape index (κ1) is 23.3. The number of benzene rings is 1. The molecule has 9 heteroatoms. The lowest BCUT2D eigenvalue weighted by atomic mass is 10.1. The average Bonchev–Trinajstić information content (AvgIpc) is 3.41. The zero-order valence-corrected chi connectivity index (χ0v) is 19.0. The SMILES string of the molecule is COc1cccc(C(=O)N(CCN2CCOCC2)CC2CN(C(=O)c3ccoc3)CCO2)c1. The molecule has 2 fully saturated rings. The molecule has 1 aromatic heterocycles. The Kier molecular flexibility index (Phi) is 7.98. The maximum Gasteiger partial charge on any atom is 0.257 e. The summed E-state index contributed by atoms with van der Waals surface area (Å²) in [5.41, 5.74) is 1.09. The summed E-state index contributed by atoms with van der Waals surface area (Å²) in [6, 6.07) is 8.84. The molecule has 1 unspecified atom stereocenters. The predicted octanol–water partition coefficient (Wildman–Crippen LogP) is 1.60. The van der Waals surface area contributed by atoms with Gasteiger partial charge in [-0.15, -0.1) is 0 Å². The van der Waals surface area contributed by atoms with Gasteiger partial charge in [-0.2, -0.15) is 0 Å². The van der Waals surface area contributed by atoms with Crippen molar-refractivity contribution in [2.24, 2.45) is 0 Å². The van der Waals surface area contributed by atoms with E-state index in [1.807, 2.05) is 17.0 Å². The first-order chi connectivity index (χ1) is 16.1. The number of methoxy groups -OCH3 is 1. The van der Waals surface area contributed by atoms with Crippen molar-refractivity contribution in [2.45, 2.75) is 6.10 Å². The number of nitrogens with zero attached hydrogens (tertiary/aromatic N) is 3. The predicted molar refractivity (Wildman–Crippen MR) is 121 cm³/mol. The van der Waals surface area contributed by atoms with Gasteiger partial charge >= 0.3 is 0 Å². The highest BCUT2D eigenvalue weighted by molar-refractivity contribution is 5.95. The molecule has 3 heterocycles. The van der Waals surface area contributed by atoms with Gasteiger partial charge in [-0.25, -0.2) is 0 Å². The van der Waals surface area contributed by atoms with Crippen molar-refractivity contribution in [1.29, 1.82) is 0 Å². The standard InChI is InChI=1S/C24H31N3O6/c1-30-21-4-2-3-19(15-21)23(28)26(7-6-25-8-12-31-13-9-25)16-22-17-27(10-14-33-22)24(29)20-5-11-32-18-20/h2-5,11,15,18,22H,6-10,12-14,16-17H2,1H3. The number of rotatable bonds is 8. The van der Waals surface area contributed by atoms with Crippen LogP contribution >= 0.6 is 0 Å². The number of carbonyl (C=O) groups is 2. The highest BCUT2D eigenvalue weighted by Crippen LogP contribution is 2.17. The first-order valence-electron chi connectivity index (χ1n) is 11.3. The third-order valence-electron chi connectivity index (χ3n) is 6.01. The van der Waals surface area contributed by atoms with Crippen LogP contribution in [0.25, 0.3) is 0 Å². The lowest BCUT2D eigenvalue weighted by molar-refractivity contribution is -0.0347. The Bertz CT molecular complexity index is 913. The van der Waals surface area contributed by atoms with Gasteiger partial charge in [0.05, 0.1) is 44.9 Å². The van der Waals surface area contributed by atoms with Gasteiger partial charge in [0.15, 0.2) is 0 Å². The summed E-state index contributed by atoms with van der Waals surface area (Å²) in [7, 11) is 1.58. The Labute approximate surface area is 193 Å². The number of ether oxygens (including phenoxy) is 3. The van der Waals surface area contributed by atoms with Crippen LogP contribution in [0.3, 0.4) is 0 Å². The van der Waals surface area contributed by atoms with Crippen molar-refractivity contribution < 1.29 is 28.2 Å². The lowest BCUT2D eigenvalue weighted by Crippen LogP contribution is -2.52. The van der Waals surface area contributed by atoms with E-state index in [-0.39, 0.29) is 17.9 Å². The van der Waals surface area contributed by atoms with Crippen LogP contribution in [-0.4, -0.2) is 105 Å². The Hall–Kier alpha value is -2.88. The summed E-state index contributed by atoms with van der Waals surface area (Å²) in [6.07, 6.45) is 2.67. The number of hydrogen-bond acceptors (Lipinski definition) is 7. The largest absolute Gasteiger partial charge is 0.497 e. The van der Waals surface area contributed by atoms with Crippen molar-refractivity contribution in [2.75, 3.05) is 72.7 Å². The van der Waals surface area contributed by atoms with E-state index in [4.69, 9.17) is 18.6 Å². The smallest absolute Gasteiger partial charge is 0.257 e. The third-order valence-corrected chi connectivity index (χ3v) is 6.01. The highest BCUT2D eigenvalue weighted by Gasteiger charge is 2.29. The quantitative estimate of drug-likeness (QED) is 0.595. The molecule has 4 rings (SSSR count). The minimum Gasteiger partial charge on any atom is -0.497 e. The molecule has 0 radical (unpaired) electrons. The van der Waals surface area contributed by atoms with Crippen molar-refractivity contribution in [3.8, 4) is 5.75 Å². The summed E-state index contributed by atoms with van der Waals surface area (Å²) in [5.74, 6) is 0.472. The molecule has 0 spiro atoms. The van der Waals surface area contributed by atoms with Crippen molar-refractivity contribution in [3.05, 3.63) is 54.0 Å². The number of amides is 2. The summed E-state index contributed by atoms with van der Waals surface area (Å²) < 4.78 is 21.7. The summed E-state index contributed by atoms with van der Waals surface area (Å²) in [6.45, 7) is 6.20. The normalized spacial score (nSPS) is 19.3. The van der Waals surface area contributed by atoms with Crippen LogP contribution in [0.5, 0.6) is 5.75 Å². The maximum absolute atomic E-state index is 13.4. The fourth-order valence-corrected chi connectivity index (χ4v) is 4.13. The molecule has 1 aromatic carbocycles. The molecular formula is C24H31N3O6. The van der Waals surface area contributed by atoms with Crippen molar-refractivity contribution >= 4 is 11.8 Å². The van der Waals surface area contributed by atoms with Gasteiger partial charge in [-0.05, 0) is 24.3 Å². The topological polar surface area (TPSA) is 84.7 Å². The van der Waals surface area contributed by atoms with Gasteiger partial charge in [-0.1, -0.05) is 6.07 Å². The van der Waals surface area contributed by atoms with Crippen LogP contribution in [0.2, 0.25) is 0 Å². The Balaban J connectivity index is 1.44. The van der Waals surface area contributed by atoms with E-state index in [9.17, 15) is 9.59 Å². The molecule has 9 nitrogen and oxygen atoms in total. The number of furan rings is 1. The zero-order valence-electron chi connectivity index (χ0n) is 19.0. The van der Waals surface area contributed by atoms with Crippen LogP contribution in [-0.2, 0) is 9.47 Å². The second-order valence-corrected chi connectivity index (χ2v) is 8.19. The van der Waals surface area contributed by atoms with E-state index in [1.54, 1.807) is 30.2 Å². The molecule has 2 saturated heterocycles. The van der Waals surface area contributed by atoms with E-state index in [1.165, 1.54) is 12.5 Å². The Morgan fingerprint density at radius 1 is 1.12 bits per heavy atom. The molecule has 0 bridgehead atoms. The van der Waals surface area contributed by atoms with Crippen molar-refractivity contribution in [1.82, 2.24) is 14.7 Å². The average molecular weight is 458 g/mol. The van der Waals surface area contributed by atoms with Gasteiger partial charge in [0.25, 0.3) is 11.8 Å². The van der Waals surface area contributed by atoms with E-state index in [0.717, 1.165) is 19.6 Å². The minimum atomic E-state index is -0.270. The van der Waals surface area contributed by atoms with E-state index in [0.29, 0.717) is 62.9 Å². The monoisotopic (exact) mass is 457 g/mol. The van der Waals surface area contributed by atoms with Gasteiger partial charge in [0.1, 0.15) is 12.0 Å². The van der Waals surface area contributed by atoms with E-state index < -0.39 is 0 Å². The van der Waals surface area contributed by atoms with Gasteiger partial charge in [0, 0.05) is 51.4 Å². The van der Waals surface area contributed by atoms with Gasteiger partial charge in [-0.3, -0.25) is 14.5 Å². The molecule has 2 aliphatic heterocycles. The Morgan fingerprint density at radius 2 is 1.97 bits per heavy atom. The second kappa shape index (κ2) is 11.3. The van der Waals surface area contributed by atoms with Crippen LogP contribution in [0, 0.1) is 0 Å². The molecule has 0 aliphatic carbocycles. The zero-order chi connectivity index (χ0) is 23.0. The van der Waals surface area contributed by atoms with Crippen LogP contribution in [0.1, 0.15) is 20.7 Å². The van der Waals surface area contributed by atoms with Crippen LogP contribution in [0.4, 0.5) is 0 Å². The number of carbonyl (C=O) groups excluding carboxylic acids is 2. The third kappa shape index (κ3) is 6.13. The summed E-state index contributed by atoms with van der Waals surface area (Å²) in [5, 5.41) is 0. The molecule has 2 amide bonds. The lowest BCUT2D eigenvalue weighted by Gasteiger charge is -2.36. The van der Waals surface area contributed by atoms with E-state index >= 15 is 0 Å². The fraction of sp³-hybridized carbons (Fsp3) is 0.500. The molecule has 178 valence electrons. The summed E-state index contributed by atoms with van der Waals surface area (Å²) in [4.78, 5) is 32.1. The molecule has 33 heavy (non-hydrogen) atoms. The van der Waals surface area contributed by atoms with Crippen LogP contribution in [0.15, 0.2) is 47.3 Å². The summed E-state index contributed by atoms with van der Waals surface area (Å²) >= 11 is 0. The fourth-order valence-electron chi connectivity index (χ4n) is 4.13. The maximum atomic E-state index is 13.4. The molecule has 2 aromatic rings. The first-order valence-corrected chi connectivity index (χ1v) is 11.3. The molecule has 0 saturated carbocycles. The molecule has 1 atom stereocenters. The van der Waals surface area contributed by atoms with Crippen molar-refractivity contribution in [3.63, 3.8) is 0 Å². The molecule has 0 N–H and O–H groups in total. The number of hydrogen-bond donors (Lipinski definition) is 0. The highest BCUT2D eigenvalue weighted by atomic mass is 16.5. The van der Waals surface area contributed by atoms with Gasteiger partial charge < -0.3 is 28.4 Å². The molecular weight excluding hydrogens is 426 g/mol. The van der Waals surface area contributed by atoms with Gasteiger partial charge in [0.2, 0.25) is 0 Å². The number of morpholine rings is 2. The second-order valence-electron chi connectivity index (χ2n) is 8.19. The Morgan fingerprint density at radius 3 is 2.73 bits per heavy atom. The molecule has 2 aliphatic rings. The van der Waals surface area contributed by atoms with E-state index in [2.05, 4.69) is 4.90 Å². The van der Waals surface area contributed by atoms with Crippen LogP contribution < -0.4 is 4.74 Å².